The fraction of sp³-hybridized carbons (Fsp3) is 0.636. The van der Waals surface area contributed by atoms with Crippen molar-refractivity contribution >= 4 is 10.0 Å². The van der Waals surface area contributed by atoms with E-state index in [1.807, 2.05) is 0 Å². The highest BCUT2D eigenvalue weighted by Gasteiger charge is 2.42. The van der Waals surface area contributed by atoms with Crippen LogP contribution >= 0.6 is 0 Å². The minimum atomic E-state index is -3.67. The van der Waals surface area contributed by atoms with Crippen LogP contribution in [0, 0.1) is 5.41 Å². The van der Waals surface area contributed by atoms with Gasteiger partial charge >= 0.3 is 0 Å². The Balaban J connectivity index is 1.99. The summed E-state index contributed by atoms with van der Waals surface area (Å²) in [6, 6.07) is 2.74. The van der Waals surface area contributed by atoms with E-state index < -0.39 is 10.0 Å². The number of hydrogen-bond donors (Lipinski definition) is 3. The molecule has 1 saturated carbocycles. The predicted molar refractivity (Wildman–Crippen MR) is 63.2 cm³/mol. The van der Waals surface area contributed by atoms with Crippen LogP contribution in [0.4, 0.5) is 0 Å². The number of rotatable bonds is 7. The van der Waals surface area contributed by atoms with Gasteiger partial charge in [-0.25, -0.2) is 13.1 Å². The molecule has 1 aromatic heterocycles. The number of hydrogen-bond acceptors (Lipinski definition) is 5. The van der Waals surface area contributed by atoms with Crippen molar-refractivity contribution in [2.45, 2.75) is 31.0 Å². The van der Waals surface area contributed by atoms with Gasteiger partial charge in [0.15, 0.2) is 0 Å². The maximum Gasteiger partial charge on any atom is 0.273 e. The maximum absolute atomic E-state index is 11.9. The molecule has 0 unspecified atom stereocenters. The highest BCUT2D eigenvalue weighted by atomic mass is 32.2. The smallest absolute Gasteiger partial charge is 0.273 e. The SMILES string of the molecule is O=S(=O)(NCC1(CCO)CC1)c1ccc(CO)o1. The van der Waals surface area contributed by atoms with Gasteiger partial charge in [0.2, 0.25) is 5.09 Å². The van der Waals surface area contributed by atoms with E-state index in [2.05, 4.69) is 4.72 Å². The van der Waals surface area contributed by atoms with Crippen LogP contribution in [0.1, 0.15) is 25.0 Å². The highest BCUT2D eigenvalue weighted by molar-refractivity contribution is 7.89. The Hall–Kier alpha value is -0.890. The van der Waals surface area contributed by atoms with Crippen LogP contribution in [0.15, 0.2) is 21.6 Å². The second-order valence-electron chi connectivity index (χ2n) is 4.68. The van der Waals surface area contributed by atoms with Gasteiger partial charge in [0.05, 0.1) is 0 Å². The van der Waals surface area contributed by atoms with Crippen LogP contribution in [0.2, 0.25) is 0 Å². The summed E-state index contributed by atoms with van der Waals surface area (Å²) in [6.45, 7) is 0.0478. The van der Waals surface area contributed by atoms with Gasteiger partial charge in [-0.2, -0.15) is 0 Å². The molecule has 1 aliphatic rings. The van der Waals surface area contributed by atoms with Crippen LogP contribution in [-0.2, 0) is 16.6 Å². The zero-order valence-electron chi connectivity index (χ0n) is 9.92. The summed E-state index contributed by atoms with van der Waals surface area (Å²) in [5, 5.41) is 17.5. The minimum absolute atomic E-state index is 0.0666. The van der Waals surface area contributed by atoms with Crippen LogP contribution in [0.5, 0.6) is 0 Å². The molecule has 0 saturated heterocycles. The summed E-state index contributed by atoms with van der Waals surface area (Å²) < 4.78 is 31.3. The Morgan fingerprint density at radius 1 is 1.33 bits per heavy atom. The zero-order valence-corrected chi connectivity index (χ0v) is 10.7. The highest BCUT2D eigenvalue weighted by Crippen LogP contribution is 2.48. The Morgan fingerprint density at radius 2 is 2.06 bits per heavy atom. The second kappa shape index (κ2) is 5.00. The summed E-state index contributed by atoms with van der Waals surface area (Å²) in [5.41, 5.74) is -0.0891. The normalized spacial score (nSPS) is 17.9. The first-order chi connectivity index (χ1) is 8.51. The minimum Gasteiger partial charge on any atom is -0.446 e. The van der Waals surface area contributed by atoms with E-state index in [-0.39, 0.29) is 29.5 Å². The van der Waals surface area contributed by atoms with Crippen molar-refractivity contribution in [2.75, 3.05) is 13.2 Å². The Labute approximate surface area is 106 Å². The number of aliphatic hydroxyl groups is 2. The standard InChI is InChI=1S/C11H17NO5S/c13-6-5-11(3-4-11)8-12-18(15,16)10-2-1-9(7-14)17-10/h1-2,12-14H,3-8H2. The summed E-state index contributed by atoms with van der Waals surface area (Å²) in [4.78, 5) is 0. The van der Waals surface area contributed by atoms with Gasteiger partial charge < -0.3 is 14.6 Å². The van der Waals surface area contributed by atoms with E-state index in [9.17, 15) is 8.42 Å². The third kappa shape index (κ3) is 2.92. The molecule has 1 fully saturated rings. The quantitative estimate of drug-likeness (QED) is 0.660. The van der Waals surface area contributed by atoms with E-state index in [1.165, 1.54) is 12.1 Å². The van der Waals surface area contributed by atoms with Gasteiger partial charge in [-0.1, -0.05) is 0 Å². The molecule has 7 heteroatoms. The van der Waals surface area contributed by atoms with Crippen molar-refractivity contribution in [3.8, 4) is 0 Å². The Kier molecular flexibility index (Phi) is 3.76. The van der Waals surface area contributed by atoms with Gasteiger partial charge in [0.25, 0.3) is 10.0 Å². The molecule has 0 atom stereocenters. The van der Waals surface area contributed by atoms with Crippen molar-refractivity contribution in [1.29, 1.82) is 0 Å². The van der Waals surface area contributed by atoms with E-state index in [4.69, 9.17) is 14.6 Å². The van der Waals surface area contributed by atoms with E-state index in [0.717, 1.165) is 12.8 Å². The number of furan rings is 1. The lowest BCUT2D eigenvalue weighted by Crippen LogP contribution is -2.30. The molecule has 1 aliphatic carbocycles. The molecule has 1 aromatic rings. The monoisotopic (exact) mass is 275 g/mol. The molecule has 3 N–H and O–H groups in total. The van der Waals surface area contributed by atoms with Crippen molar-refractivity contribution in [3.05, 3.63) is 17.9 Å². The maximum atomic E-state index is 11.9. The first-order valence-corrected chi connectivity index (χ1v) is 7.30. The first-order valence-electron chi connectivity index (χ1n) is 5.81. The van der Waals surface area contributed by atoms with E-state index in [1.54, 1.807) is 0 Å². The molecule has 0 aromatic carbocycles. The van der Waals surface area contributed by atoms with Gasteiger partial charge in [-0.3, -0.25) is 0 Å². The molecule has 2 rings (SSSR count). The largest absolute Gasteiger partial charge is 0.446 e. The van der Waals surface area contributed by atoms with Gasteiger partial charge in [-0.05, 0) is 36.8 Å². The third-order valence-electron chi connectivity index (χ3n) is 3.29. The fourth-order valence-corrected chi connectivity index (χ4v) is 2.94. The Morgan fingerprint density at radius 3 is 2.56 bits per heavy atom. The number of aliphatic hydroxyl groups excluding tert-OH is 2. The lowest BCUT2D eigenvalue weighted by Gasteiger charge is -2.13. The van der Waals surface area contributed by atoms with Crippen LogP contribution < -0.4 is 4.72 Å². The van der Waals surface area contributed by atoms with Crippen LogP contribution in [-0.4, -0.2) is 31.8 Å². The summed E-state index contributed by atoms with van der Waals surface area (Å²) in [5.74, 6) is 0.215. The molecule has 0 bridgehead atoms. The van der Waals surface area contributed by atoms with Gasteiger partial charge in [-0.15, -0.1) is 0 Å². The van der Waals surface area contributed by atoms with E-state index >= 15 is 0 Å². The lowest BCUT2D eigenvalue weighted by atomic mass is 10.0. The summed E-state index contributed by atoms with van der Waals surface area (Å²) >= 11 is 0. The van der Waals surface area contributed by atoms with Crippen molar-refractivity contribution < 1.29 is 23.0 Å². The Bertz CT molecular complexity index is 503. The van der Waals surface area contributed by atoms with Gasteiger partial charge in [0.1, 0.15) is 12.4 Å². The predicted octanol–water partition coefficient (Wildman–Crippen LogP) is 0.213. The van der Waals surface area contributed by atoms with Crippen molar-refractivity contribution in [3.63, 3.8) is 0 Å². The molecule has 0 aliphatic heterocycles. The van der Waals surface area contributed by atoms with Crippen LogP contribution in [0.3, 0.4) is 0 Å². The third-order valence-corrected chi connectivity index (χ3v) is 4.57. The molecule has 0 radical (unpaired) electrons. The molecule has 102 valence electrons. The first kappa shape index (κ1) is 13.5. The van der Waals surface area contributed by atoms with E-state index in [0.29, 0.717) is 13.0 Å². The molecule has 0 amide bonds. The molecular formula is C11H17NO5S. The zero-order chi connectivity index (χ0) is 13.2. The van der Waals surface area contributed by atoms with Gasteiger partial charge in [0, 0.05) is 13.2 Å². The number of nitrogens with one attached hydrogen (secondary N) is 1. The fourth-order valence-electron chi connectivity index (χ4n) is 1.84. The molecular weight excluding hydrogens is 258 g/mol. The number of sulfonamides is 1. The second-order valence-corrected chi connectivity index (χ2v) is 6.37. The summed E-state index contributed by atoms with van der Waals surface area (Å²) in [6.07, 6.45) is 2.46. The molecule has 18 heavy (non-hydrogen) atoms. The molecule has 0 spiro atoms. The summed E-state index contributed by atoms with van der Waals surface area (Å²) in [7, 11) is -3.67. The van der Waals surface area contributed by atoms with Crippen molar-refractivity contribution in [1.82, 2.24) is 4.72 Å². The average Bonchev–Trinajstić information content (AvgIpc) is 2.93. The van der Waals surface area contributed by atoms with Crippen molar-refractivity contribution in [2.24, 2.45) is 5.41 Å². The molecule has 1 heterocycles. The topological polar surface area (TPSA) is 99.8 Å². The average molecular weight is 275 g/mol. The molecule has 6 nitrogen and oxygen atoms in total. The van der Waals surface area contributed by atoms with Crippen LogP contribution in [0.25, 0.3) is 0 Å². The lowest BCUT2D eigenvalue weighted by molar-refractivity contribution is 0.235.